The van der Waals surface area contributed by atoms with Crippen molar-refractivity contribution in [3.63, 3.8) is 0 Å². The lowest BCUT2D eigenvalue weighted by molar-refractivity contribution is -0.119. The van der Waals surface area contributed by atoms with Gasteiger partial charge in [-0.1, -0.05) is 18.7 Å². The van der Waals surface area contributed by atoms with Crippen molar-refractivity contribution in [3.8, 4) is 0 Å². The average molecular weight is 400 g/mol. The number of methoxy groups -OCH3 is 1. The van der Waals surface area contributed by atoms with E-state index in [1.54, 1.807) is 23.4 Å². The molecule has 3 heterocycles. The van der Waals surface area contributed by atoms with Crippen LogP contribution >= 0.6 is 23.5 Å². The van der Waals surface area contributed by atoms with E-state index in [-0.39, 0.29) is 23.3 Å². The number of thioether (sulfide) groups is 2. The number of hydrogen-bond acceptors (Lipinski definition) is 7. The van der Waals surface area contributed by atoms with Crippen LogP contribution < -0.4 is 10.9 Å². The molecule has 1 saturated heterocycles. The molecule has 2 aliphatic heterocycles. The van der Waals surface area contributed by atoms with E-state index < -0.39 is 0 Å². The minimum atomic E-state index is -0.0683. The maximum Gasteiger partial charge on any atom is 0.268 e. The molecule has 0 saturated carbocycles. The van der Waals surface area contributed by atoms with Crippen LogP contribution in [0.5, 0.6) is 0 Å². The van der Waals surface area contributed by atoms with Crippen LogP contribution in [0.4, 0.5) is 0 Å². The number of fused-ring (bicyclic) bond motifs is 1. The Morgan fingerprint density at radius 3 is 3.12 bits per heavy atom. The predicted molar refractivity (Wildman–Crippen MR) is 102 cm³/mol. The summed E-state index contributed by atoms with van der Waals surface area (Å²) in [5.74, 6) is 0.162. The van der Waals surface area contributed by atoms with Crippen LogP contribution in [0.1, 0.15) is 25.5 Å². The van der Waals surface area contributed by atoms with E-state index in [4.69, 9.17) is 9.47 Å². The van der Waals surface area contributed by atoms with E-state index in [1.807, 2.05) is 0 Å². The SMILES string of the molecule is COCCn1c(SCC(=O)NC[C@@H]2CCCO2)nc2c(c1=O)S[C@@H](C)C2. The van der Waals surface area contributed by atoms with Gasteiger partial charge in [0.2, 0.25) is 5.91 Å². The van der Waals surface area contributed by atoms with Crippen molar-refractivity contribution in [2.75, 3.05) is 32.6 Å². The number of aromatic nitrogens is 2. The highest BCUT2D eigenvalue weighted by atomic mass is 32.2. The molecule has 7 nitrogen and oxygen atoms in total. The predicted octanol–water partition coefficient (Wildman–Crippen LogP) is 1.31. The Morgan fingerprint density at radius 2 is 2.38 bits per heavy atom. The van der Waals surface area contributed by atoms with Crippen molar-refractivity contribution in [3.05, 3.63) is 16.0 Å². The summed E-state index contributed by atoms with van der Waals surface area (Å²) in [5, 5.41) is 3.85. The van der Waals surface area contributed by atoms with Gasteiger partial charge >= 0.3 is 0 Å². The highest BCUT2D eigenvalue weighted by molar-refractivity contribution is 8.00. The molecule has 2 atom stereocenters. The quantitative estimate of drug-likeness (QED) is 0.521. The van der Waals surface area contributed by atoms with Crippen LogP contribution in [0.25, 0.3) is 0 Å². The van der Waals surface area contributed by atoms with E-state index in [2.05, 4.69) is 17.2 Å². The minimum absolute atomic E-state index is 0.0244. The van der Waals surface area contributed by atoms with Gasteiger partial charge in [0.25, 0.3) is 5.56 Å². The van der Waals surface area contributed by atoms with Crippen LogP contribution in [0.15, 0.2) is 14.8 Å². The molecular weight excluding hydrogens is 374 g/mol. The van der Waals surface area contributed by atoms with E-state index in [1.165, 1.54) is 11.8 Å². The Kier molecular flexibility index (Phi) is 7.02. The zero-order valence-electron chi connectivity index (χ0n) is 15.2. The van der Waals surface area contributed by atoms with Crippen LogP contribution in [-0.2, 0) is 27.2 Å². The fourth-order valence-electron chi connectivity index (χ4n) is 3.04. The van der Waals surface area contributed by atoms with Crippen molar-refractivity contribution in [2.45, 2.75) is 54.1 Å². The highest BCUT2D eigenvalue weighted by Gasteiger charge is 2.26. The molecule has 0 spiro atoms. The number of ether oxygens (including phenoxy) is 2. The molecule has 0 bridgehead atoms. The Labute approximate surface area is 161 Å². The monoisotopic (exact) mass is 399 g/mol. The summed E-state index contributed by atoms with van der Waals surface area (Å²) in [5.41, 5.74) is 0.826. The second-order valence-electron chi connectivity index (χ2n) is 6.48. The van der Waals surface area contributed by atoms with Gasteiger partial charge in [-0.2, -0.15) is 0 Å². The zero-order valence-corrected chi connectivity index (χ0v) is 16.8. The van der Waals surface area contributed by atoms with Crippen molar-refractivity contribution >= 4 is 29.4 Å². The summed E-state index contributed by atoms with van der Waals surface area (Å²) in [6, 6.07) is 0. The number of nitrogens with zero attached hydrogens (tertiary/aromatic N) is 2. The molecular formula is C17H25N3O4S2. The molecule has 0 aromatic carbocycles. The summed E-state index contributed by atoms with van der Waals surface area (Å²) >= 11 is 2.89. The molecule has 26 heavy (non-hydrogen) atoms. The van der Waals surface area contributed by atoms with Gasteiger partial charge in [-0.05, 0) is 12.8 Å². The molecule has 0 aliphatic carbocycles. The summed E-state index contributed by atoms with van der Waals surface area (Å²) < 4.78 is 12.3. The maximum absolute atomic E-state index is 12.8. The first-order valence-electron chi connectivity index (χ1n) is 8.89. The van der Waals surface area contributed by atoms with Crippen molar-refractivity contribution in [1.29, 1.82) is 0 Å². The van der Waals surface area contributed by atoms with Gasteiger partial charge < -0.3 is 14.8 Å². The Balaban J connectivity index is 1.65. The number of amides is 1. The van der Waals surface area contributed by atoms with E-state index in [9.17, 15) is 9.59 Å². The number of carbonyl (C=O) groups is 1. The molecule has 0 radical (unpaired) electrons. The Bertz CT molecular complexity index is 704. The molecule has 1 aromatic rings. The average Bonchev–Trinajstić information content (AvgIpc) is 3.26. The minimum Gasteiger partial charge on any atom is -0.383 e. The van der Waals surface area contributed by atoms with Crippen LogP contribution in [0.2, 0.25) is 0 Å². The Morgan fingerprint density at radius 1 is 1.54 bits per heavy atom. The smallest absolute Gasteiger partial charge is 0.268 e. The number of rotatable bonds is 8. The lowest BCUT2D eigenvalue weighted by Crippen LogP contribution is -2.33. The van der Waals surface area contributed by atoms with Gasteiger partial charge in [-0.15, -0.1) is 11.8 Å². The topological polar surface area (TPSA) is 82.4 Å². The largest absolute Gasteiger partial charge is 0.383 e. The second kappa shape index (κ2) is 9.25. The van der Waals surface area contributed by atoms with Crippen LogP contribution in [0.3, 0.4) is 0 Å². The first-order valence-corrected chi connectivity index (χ1v) is 10.8. The highest BCUT2D eigenvalue weighted by Crippen LogP contribution is 2.34. The van der Waals surface area contributed by atoms with Crippen molar-refractivity contribution in [2.24, 2.45) is 0 Å². The first-order chi connectivity index (χ1) is 12.6. The van der Waals surface area contributed by atoms with Crippen molar-refractivity contribution < 1.29 is 14.3 Å². The van der Waals surface area contributed by atoms with E-state index in [0.717, 1.165) is 36.5 Å². The van der Waals surface area contributed by atoms with E-state index in [0.29, 0.717) is 30.1 Å². The lowest BCUT2D eigenvalue weighted by Gasteiger charge is -2.14. The number of nitrogens with one attached hydrogen (secondary N) is 1. The molecule has 9 heteroatoms. The summed E-state index contributed by atoms with van der Waals surface area (Å²) in [6.45, 7) is 4.28. The zero-order chi connectivity index (χ0) is 18.5. The summed E-state index contributed by atoms with van der Waals surface area (Å²) in [4.78, 5) is 30.3. The summed E-state index contributed by atoms with van der Waals surface area (Å²) in [6.07, 6.45) is 2.96. The molecule has 1 aromatic heterocycles. The fourth-order valence-corrected chi connectivity index (χ4v) is 5.02. The number of hydrogen-bond donors (Lipinski definition) is 1. The Hall–Kier alpha value is -1.03. The first kappa shape index (κ1) is 19.7. The van der Waals surface area contributed by atoms with Gasteiger partial charge in [0.05, 0.1) is 35.6 Å². The third kappa shape index (κ3) is 4.82. The molecule has 2 aliphatic rings. The van der Waals surface area contributed by atoms with Crippen molar-refractivity contribution in [1.82, 2.24) is 14.9 Å². The van der Waals surface area contributed by atoms with Gasteiger partial charge in [-0.3, -0.25) is 14.2 Å². The standard InChI is InChI=1S/C17H25N3O4S2/c1-11-8-13-15(26-11)16(22)20(5-7-23-2)17(19-13)25-10-14(21)18-9-12-4-3-6-24-12/h11-12H,3-10H2,1-2H3,(H,18,21)/t11-,12-/m0/s1. The molecule has 1 N–H and O–H groups in total. The van der Waals surface area contributed by atoms with Gasteiger partial charge in [0.15, 0.2) is 5.16 Å². The van der Waals surface area contributed by atoms with E-state index >= 15 is 0 Å². The van der Waals surface area contributed by atoms with Crippen LogP contribution in [-0.4, -0.2) is 59.4 Å². The summed E-state index contributed by atoms with van der Waals surface area (Å²) in [7, 11) is 1.61. The molecule has 144 valence electrons. The number of carbonyl (C=O) groups excluding carboxylic acids is 1. The molecule has 1 fully saturated rings. The maximum atomic E-state index is 12.8. The molecule has 0 unspecified atom stereocenters. The normalized spacial score (nSPS) is 21.8. The van der Waals surface area contributed by atoms with Gasteiger partial charge in [0, 0.05) is 31.9 Å². The third-order valence-corrected chi connectivity index (χ3v) is 6.56. The van der Waals surface area contributed by atoms with Gasteiger partial charge in [0.1, 0.15) is 0 Å². The third-order valence-electron chi connectivity index (χ3n) is 4.37. The van der Waals surface area contributed by atoms with Gasteiger partial charge in [-0.25, -0.2) is 4.98 Å². The van der Waals surface area contributed by atoms with Crippen LogP contribution in [0, 0.1) is 0 Å². The molecule has 3 rings (SSSR count). The fraction of sp³-hybridized carbons (Fsp3) is 0.706. The second-order valence-corrected chi connectivity index (χ2v) is 8.87. The molecule has 1 amide bonds. The lowest BCUT2D eigenvalue weighted by atomic mass is 10.2.